The summed E-state index contributed by atoms with van der Waals surface area (Å²) < 4.78 is 32.4. The zero-order valence-corrected chi connectivity index (χ0v) is 33.8. The van der Waals surface area contributed by atoms with Gasteiger partial charge in [-0.05, 0) is 24.4 Å². The normalized spacial score (nSPS) is 23.9. The highest BCUT2D eigenvalue weighted by molar-refractivity contribution is 7.79. The first-order valence-electron chi connectivity index (χ1n) is 15.9. The molecule has 4 aromatic rings. The molecule has 6 N–H and O–H groups in total. The molecule has 2 aromatic heterocycles. The summed E-state index contributed by atoms with van der Waals surface area (Å²) in [6.45, 7) is 4.00. The summed E-state index contributed by atoms with van der Waals surface area (Å²) in [7, 11) is 0. The number of fused-ring (bicyclic) bond motifs is 2. The van der Waals surface area contributed by atoms with Crippen LogP contribution in [0.4, 0.5) is 0 Å². The molecule has 308 valence electrons. The number of carbonyl (C=O) groups excluding carboxylic acids is 4. The van der Waals surface area contributed by atoms with Gasteiger partial charge >= 0.3 is 29.0 Å². The van der Waals surface area contributed by atoms with Crippen LogP contribution in [0.2, 0.25) is 20.1 Å². The van der Waals surface area contributed by atoms with Crippen molar-refractivity contribution >= 4 is 117 Å². The topological polar surface area (TPSA) is 235 Å². The SMILES string of the molecule is C.CC(=O)OC[C@@H]1O[C@H](OC(C)=O)[C@@H](OC(C)=O)C1OC(C)=O.OC[C@@H]1O[C@@H](n2c(=S)[nH]c3cc(Cl)c(Cl)cc32)[C@@H](O)C1O.Sc1[nH]c2cc(Cl)c(Cl)cc2[nH+]1. The fourth-order valence-corrected chi connectivity index (χ4v) is 6.64. The van der Waals surface area contributed by atoms with Gasteiger partial charge in [-0.1, -0.05) is 66.5 Å². The molecule has 2 unspecified atom stereocenters. The van der Waals surface area contributed by atoms with Crippen LogP contribution >= 0.6 is 71.3 Å². The van der Waals surface area contributed by atoms with E-state index in [4.69, 9.17) is 92.1 Å². The molecule has 0 saturated carbocycles. The quantitative estimate of drug-likeness (QED) is 0.0648. The molecule has 0 aliphatic carbocycles. The largest absolute Gasteiger partial charge is 0.463 e. The first kappa shape index (κ1) is 47.2. The molecule has 0 radical (unpaired) electrons. The molecule has 2 aromatic carbocycles. The lowest BCUT2D eigenvalue weighted by atomic mass is 10.1. The van der Waals surface area contributed by atoms with Crippen molar-refractivity contribution in [2.24, 2.45) is 0 Å². The molecule has 17 nitrogen and oxygen atoms in total. The Bertz CT molecular complexity index is 2080. The number of aromatic amines is 3. The van der Waals surface area contributed by atoms with E-state index in [0.29, 0.717) is 36.3 Å². The highest BCUT2D eigenvalue weighted by Gasteiger charge is 2.51. The number of aliphatic hydroxyl groups excluding tert-OH is 3. The van der Waals surface area contributed by atoms with Gasteiger partial charge in [-0.15, -0.1) is 0 Å². The van der Waals surface area contributed by atoms with Crippen molar-refractivity contribution in [1.82, 2.24) is 14.5 Å². The van der Waals surface area contributed by atoms with Crippen molar-refractivity contribution in [3.63, 3.8) is 0 Å². The lowest BCUT2D eigenvalue weighted by molar-refractivity contribution is -0.395. The molecular formula is C33H39Cl4N4O13S2+. The number of imidazole rings is 2. The number of rotatable bonds is 7. The summed E-state index contributed by atoms with van der Waals surface area (Å²) in [6, 6.07) is 6.73. The van der Waals surface area contributed by atoms with E-state index in [2.05, 4.69) is 27.6 Å². The number of hydrogen-bond donors (Lipinski definition) is 6. The van der Waals surface area contributed by atoms with Gasteiger partial charge in [0.2, 0.25) is 12.4 Å². The van der Waals surface area contributed by atoms with Crippen LogP contribution in [0.5, 0.6) is 0 Å². The van der Waals surface area contributed by atoms with Gasteiger partial charge in [-0.3, -0.25) is 23.7 Å². The van der Waals surface area contributed by atoms with Gasteiger partial charge in [-0.25, -0.2) is 9.97 Å². The first-order valence-corrected chi connectivity index (χ1v) is 18.3. The number of halogens is 4. The summed E-state index contributed by atoms with van der Waals surface area (Å²) in [5.41, 5.74) is 3.01. The number of aliphatic hydroxyl groups is 3. The summed E-state index contributed by atoms with van der Waals surface area (Å²) in [5, 5.41) is 31.6. The van der Waals surface area contributed by atoms with Gasteiger partial charge in [-0.2, -0.15) is 0 Å². The van der Waals surface area contributed by atoms with E-state index >= 15 is 0 Å². The predicted octanol–water partition coefficient (Wildman–Crippen LogP) is 4.53. The number of esters is 4. The van der Waals surface area contributed by atoms with Crippen LogP contribution in [-0.2, 0) is 47.6 Å². The van der Waals surface area contributed by atoms with Crippen LogP contribution in [0.3, 0.4) is 0 Å². The average Bonchev–Trinajstić information content (AvgIpc) is 3.78. The number of nitrogens with zero attached hydrogens (tertiary/aromatic N) is 1. The van der Waals surface area contributed by atoms with E-state index in [0.717, 1.165) is 31.8 Å². The number of aromatic nitrogens is 4. The summed E-state index contributed by atoms with van der Waals surface area (Å²) in [4.78, 5) is 53.3. The Morgan fingerprint density at radius 2 is 1.36 bits per heavy atom. The number of nitrogens with one attached hydrogen (secondary N) is 3. The van der Waals surface area contributed by atoms with Crippen molar-refractivity contribution in [2.75, 3.05) is 13.2 Å². The summed E-state index contributed by atoms with van der Waals surface area (Å²) >= 11 is 32.9. The molecule has 23 heteroatoms. The van der Waals surface area contributed by atoms with Gasteiger partial charge in [0.15, 0.2) is 28.1 Å². The zero-order chi connectivity index (χ0) is 40.9. The van der Waals surface area contributed by atoms with Crippen LogP contribution in [0, 0.1) is 4.77 Å². The van der Waals surface area contributed by atoms with E-state index < -0.39 is 79.6 Å². The number of ether oxygens (including phenoxy) is 6. The third kappa shape index (κ3) is 11.7. The monoisotopic (exact) mass is 903 g/mol. The van der Waals surface area contributed by atoms with E-state index in [9.17, 15) is 29.4 Å². The molecule has 2 fully saturated rings. The minimum absolute atomic E-state index is 0. The molecule has 0 amide bonds. The maximum atomic E-state index is 11.2. The highest BCUT2D eigenvalue weighted by Crippen LogP contribution is 2.35. The molecule has 6 rings (SSSR count). The van der Waals surface area contributed by atoms with Crippen molar-refractivity contribution < 1.29 is 67.9 Å². The standard InChI is InChI=1S/C13H18O9.C12H12Cl2N2O4S.C7H4Cl2N2S.CH4/c1-6(14)18-5-10-11(19-7(2)15)12(20-8(3)16)13(22-10)21-9(4)17;13-4-1-6-7(2-5(4)14)16(12(21)15-6)11-10(19)9(18)8(3-17)20-11;8-3-1-5-6(2-4(3)9)11-7(12)10-5;/h10-13H,5H2,1-4H3;1-2,8-11,17-19H,3H2,(H,15,21);1-2H,(H2,10,11,12);1H4/p+1/t10-,11?,12-,13-;8-,9?,10-,11+;;/m00../s1. The molecule has 0 spiro atoms. The Balaban J connectivity index is 0.000000232. The minimum Gasteiger partial charge on any atom is -0.463 e. The van der Waals surface area contributed by atoms with E-state index in [-0.39, 0.29) is 18.8 Å². The van der Waals surface area contributed by atoms with Gasteiger partial charge in [0.1, 0.15) is 31.0 Å². The second kappa shape index (κ2) is 20.5. The number of hydrogen-bond acceptors (Lipinski definition) is 15. The molecule has 8 atom stereocenters. The summed E-state index contributed by atoms with van der Waals surface area (Å²) in [5.74, 6) is -2.56. The van der Waals surface area contributed by atoms with Gasteiger partial charge in [0, 0.05) is 39.8 Å². The molecular weight excluding hydrogens is 866 g/mol. The van der Waals surface area contributed by atoms with Gasteiger partial charge < -0.3 is 48.7 Å². The third-order valence-electron chi connectivity index (χ3n) is 7.70. The Hall–Kier alpha value is -3.21. The molecule has 2 aliphatic rings. The van der Waals surface area contributed by atoms with Crippen LogP contribution in [0.25, 0.3) is 22.1 Å². The van der Waals surface area contributed by atoms with Crippen molar-refractivity contribution in [1.29, 1.82) is 0 Å². The minimum atomic E-state index is -1.26. The van der Waals surface area contributed by atoms with Crippen molar-refractivity contribution in [3.05, 3.63) is 49.1 Å². The number of thiol groups is 1. The molecule has 56 heavy (non-hydrogen) atoms. The lowest BCUT2D eigenvalue weighted by Gasteiger charge is -2.22. The zero-order valence-electron chi connectivity index (χ0n) is 29.1. The van der Waals surface area contributed by atoms with Gasteiger partial charge in [0.25, 0.3) is 0 Å². The Labute approximate surface area is 349 Å². The van der Waals surface area contributed by atoms with Crippen LogP contribution in [-0.4, -0.2) is 110 Å². The number of carbonyl (C=O) groups is 4. The number of H-pyrrole nitrogens is 3. The Kier molecular flexibility index (Phi) is 17.2. The maximum absolute atomic E-state index is 11.2. The maximum Gasteiger partial charge on any atom is 0.311 e. The van der Waals surface area contributed by atoms with Crippen molar-refractivity contribution in [3.8, 4) is 0 Å². The Morgan fingerprint density at radius 3 is 1.91 bits per heavy atom. The van der Waals surface area contributed by atoms with Crippen LogP contribution < -0.4 is 4.98 Å². The lowest BCUT2D eigenvalue weighted by Crippen LogP contribution is -2.42. The number of benzene rings is 2. The molecule has 4 heterocycles. The first-order chi connectivity index (χ1) is 25.8. The van der Waals surface area contributed by atoms with Crippen LogP contribution in [0.1, 0.15) is 41.3 Å². The molecule has 2 saturated heterocycles. The fourth-order valence-electron chi connectivity index (χ4n) is 5.44. The highest BCUT2D eigenvalue weighted by atomic mass is 35.5. The molecule has 2 aliphatic heterocycles. The average molecular weight is 906 g/mol. The third-order valence-corrected chi connectivity index (χ3v) is 9.67. The fraction of sp³-hybridized carbons (Fsp3) is 0.455. The van der Waals surface area contributed by atoms with E-state index in [1.165, 1.54) is 11.5 Å². The van der Waals surface area contributed by atoms with E-state index in [1.54, 1.807) is 24.3 Å². The van der Waals surface area contributed by atoms with Gasteiger partial charge in [0.05, 0.1) is 37.7 Å². The van der Waals surface area contributed by atoms with Crippen LogP contribution in [0.15, 0.2) is 29.4 Å². The van der Waals surface area contributed by atoms with E-state index in [1.807, 2.05) is 0 Å². The van der Waals surface area contributed by atoms with Crippen molar-refractivity contribution in [2.45, 2.75) is 89.4 Å². The summed E-state index contributed by atoms with van der Waals surface area (Å²) in [6.07, 6.45) is -8.61. The second-order valence-electron chi connectivity index (χ2n) is 11.8. The second-order valence-corrected chi connectivity index (χ2v) is 14.3. The Morgan fingerprint density at radius 1 is 0.804 bits per heavy atom. The smallest absolute Gasteiger partial charge is 0.311 e. The molecule has 0 bridgehead atoms. The predicted molar refractivity (Wildman–Crippen MR) is 207 cm³/mol.